The molecule has 0 saturated carbocycles. The van der Waals surface area contributed by atoms with Crippen LogP contribution in [0.3, 0.4) is 0 Å². The molecule has 0 bridgehead atoms. The van der Waals surface area contributed by atoms with Crippen LogP contribution in [-0.2, 0) is 19.6 Å². The molecule has 0 fully saturated rings. The number of carbonyl (C=O) groups is 1. The molecular weight excluding hydrogens is 445 g/mol. The molecule has 0 aliphatic carbocycles. The molecule has 0 amide bonds. The normalized spacial score (nSPS) is 15.0. The van der Waals surface area contributed by atoms with Crippen LogP contribution in [-0.4, -0.2) is 20.3 Å². The molecule has 3 aromatic rings. The lowest BCUT2D eigenvalue weighted by molar-refractivity contribution is -0.129. The van der Waals surface area contributed by atoms with E-state index in [0.717, 1.165) is 0 Å². The Hall–Kier alpha value is -3.49. The number of halogens is 2. The van der Waals surface area contributed by atoms with E-state index >= 15 is 0 Å². The molecule has 0 spiro atoms. The van der Waals surface area contributed by atoms with Gasteiger partial charge in [0.15, 0.2) is 5.70 Å². The van der Waals surface area contributed by atoms with Crippen LogP contribution in [0.1, 0.15) is 11.1 Å². The number of hydrogen-bond acceptors (Lipinski definition) is 6. The molecule has 3 aromatic carbocycles. The summed E-state index contributed by atoms with van der Waals surface area (Å²) < 4.78 is 48.0. The van der Waals surface area contributed by atoms with Gasteiger partial charge in [0.05, 0.1) is 0 Å². The molecule has 0 N–H and O–H groups in total. The summed E-state index contributed by atoms with van der Waals surface area (Å²) in [5.41, 5.74) is 1.10. The van der Waals surface area contributed by atoms with Gasteiger partial charge in [-0.3, -0.25) is 0 Å². The Kier molecular flexibility index (Phi) is 5.58. The summed E-state index contributed by atoms with van der Waals surface area (Å²) >= 11 is 5.77. The maximum absolute atomic E-state index is 13.1. The number of hydrogen-bond donors (Lipinski definition) is 0. The first-order valence-electron chi connectivity index (χ1n) is 8.89. The number of benzene rings is 3. The first kappa shape index (κ1) is 20.8. The Morgan fingerprint density at radius 1 is 0.935 bits per heavy atom. The number of cyclic esters (lactones) is 1. The zero-order valence-electron chi connectivity index (χ0n) is 15.7. The second kappa shape index (κ2) is 8.33. The van der Waals surface area contributed by atoms with Gasteiger partial charge in [-0.1, -0.05) is 23.7 Å². The van der Waals surface area contributed by atoms with Crippen molar-refractivity contribution in [1.82, 2.24) is 0 Å². The second-order valence-corrected chi connectivity index (χ2v) is 8.39. The van der Waals surface area contributed by atoms with E-state index in [4.69, 9.17) is 20.5 Å². The zero-order chi connectivity index (χ0) is 22.0. The molecule has 0 saturated heterocycles. The maximum atomic E-state index is 13.1. The Morgan fingerprint density at radius 2 is 1.58 bits per heavy atom. The van der Waals surface area contributed by atoms with E-state index in [1.807, 2.05) is 0 Å². The highest BCUT2D eigenvalue weighted by molar-refractivity contribution is 7.87. The summed E-state index contributed by atoms with van der Waals surface area (Å²) in [4.78, 5) is 16.2. The van der Waals surface area contributed by atoms with Crippen LogP contribution in [0.5, 0.6) is 5.75 Å². The van der Waals surface area contributed by atoms with Gasteiger partial charge in [-0.05, 0) is 72.3 Å². The Labute approximate surface area is 182 Å². The molecule has 4 rings (SSSR count). The average molecular weight is 458 g/mol. The van der Waals surface area contributed by atoms with E-state index in [1.165, 1.54) is 66.7 Å². The Morgan fingerprint density at radius 3 is 2.23 bits per heavy atom. The third-order valence-corrected chi connectivity index (χ3v) is 5.72. The topological polar surface area (TPSA) is 82.0 Å². The highest BCUT2D eigenvalue weighted by Crippen LogP contribution is 2.23. The van der Waals surface area contributed by atoms with Gasteiger partial charge in [0.25, 0.3) is 0 Å². The molecule has 31 heavy (non-hydrogen) atoms. The third kappa shape index (κ3) is 4.82. The standard InChI is InChI=1S/C22H13ClFNO5S/c23-16-5-11-19(12-6-16)31(27,28)30-18-9-1-14(2-10-18)13-20-22(26)29-21(25-20)15-3-7-17(24)8-4-15/h1-13H/b20-13-. The number of rotatable bonds is 5. The average Bonchev–Trinajstić information content (AvgIpc) is 3.10. The molecule has 0 aromatic heterocycles. The van der Waals surface area contributed by atoms with Crippen molar-refractivity contribution in [3.63, 3.8) is 0 Å². The molecule has 1 aliphatic heterocycles. The molecule has 1 heterocycles. The van der Waals surface area contributed by atoms with Crippen molar-refractivity contribution in [3.05, 3.63) is 100 Å². The predicted molar refractivity (Wildman–Crippen MR) is 113 cm³/mol. The fourth-order valence-corrected chi connectivity index (χ4v) is 3.73. The van der Waals surface area contributed by atoms with Crippen LogP contribution in [0, 0.1) is 5.82 Å². The molecule has 0 atom stereocenters. The summed E-state index contributed by atoms with van der Waals surface area (Å²) in [6.45, 7) is 0. The van der Waals surface area contributed by atoms with Crippen molar-refractivity contribution in [3.8, 4) is 5.75 Å². The first-order chi connectivity index (χ1) is 14.8. The lowest BCUT2D eigenvalue weighted by Gasteiger charge is -2.07. The number of aliphatic imine (C=N–C) groups is 1. The van der Waals surface area contributed by atoms with Crippen LogP contribution >= 0.6 is 11.6 Å². The van der Waals surface area contributed by atoms with Crippen LogP contribution in [0.15, 0.2) is 88.4 Å². The van der Waals surface area contributed by atoms with E-state index < -0.39 is 21.9 Å². The Bertz CT molecular complexity index is 1300. The van der Waals surface area contributed by atoms with E-state index in [2.05, 4.69) is 4.99 Å². The van der Waals surface area contributed by atoms with Gasteiger partial charge in [0, 0.05) is 10.6 Å². The highest BCUT2D eigenvalue weighted by Gasteiger charge is 2.24. The minimum absolute atomic E-state index is 0.0283. The molecule has 0 unspecified atom stereocenters. The fourth-order valence-electron chi connectivity index (χ4n) is 2.68. The van der Waals surface area contributed by atoms with E-state index in [0.29, 0.717) is 16.1 Å². The third-order valence-electron chi connectivity index (χ3n) is 4.20. The minimum atomic E-state index is -4.01. The van der Waals surface area contributed by atoms with Crippen LogP contribution in [0.4, 0.5) is 4.39 Å². The minimum Gasteiger partial charge on any atom is -0.402 e. The van der Waals surface area contributed by atoms with Crippen LogP contribution in [0.25, 0.3) is 6.08 Å². The smallest absolute Gasteiger partial charge is 0.363 e. The zero-order valence-corrected chi connectivity index (χ0v) is 17.2. The van der Waals surface area contributed by atoms with Gasteiger partial charge < -0.3 is 8.92 Å². The molecule has 9 heteroatoms. The summed E-state index contributed by atoms with van der Waals surface area (Å²) in [6, 6.07) is 17.0. The van der Waals surface area contributed by atoms with Crippen LogP contribution in [0.2, 0.25) is 5.02 Å². The van der Waals surface area contributed by atoms with Gasteiger partial charge in [-0.2, -0.15) is 8.42 Å². The largest absolute Gasteiger partial charge is 0.402 e. The number of nitrogens with zero attached hydrogens (tertiary/aromatic N) is 1. The van der Waals surface area contributed by atoms with E-state index in [1.54, 1.807) is 12.1 Å². The summed E-state index contributed by atoms with van der Waals surface area (Å²) in [5.74, 6) is -0.887. The quantitative estimate of drug-likeness (QED) is 0.318. The van der Waals surface area contributed by atoms with Gasteiger partial charge in [0.2, 0.25) is 5.90 Å². The summed E-state index contributed by atoms with van der Waals surface area (Å²) in [5, 5.41) is 0.409. The van der Waals surface area contributed by atoms with Gasteiger partial charge in [0.1, 0.15) is 16.5 Å². The highest BCUT2D eigenvalue weighted by atomic mass is 35.5. The van der Waals surface area contributed by atoms with Gasteiger partial charge in [-0.15, -0.1) is 0 Å². The fraction of sp³-hybridized carbons (Fsp3) is 0. The first-order valence-corrected chi connectivity index (χ1v) is 10.7. The molecule has 6 nitrogen and oxygen atoms in total. The van der Waals surface area contributed by atoms with Gasteiger partial charge >= 0.3 is 16.1 Å². The number of carbonyl (C=O) groups excluding carboxylic acids is 1. The van der Waals surface area contributed by atoms with Crippen molar-refractivity contribution < 1.29 is 26.5 Å². The monoisotopic (exact) mass is 457 g/mol. The maximum Gasteiger partial charge on any atom is 0.363 e. The predicted octanol–water partition coefficient (Wildman–Crippen LogP) is 4.59. The second-order valence-electron chi connectivity index (χ2n) is 6.40. The summed E-state index contributed by atoms with van der Waals surface area (Å²) in [6.07, 6.45) is 1.48. The number of esters is 1. The van der Waals surface area contributed by atoms with Crippen molar-refractivity contribution in [2.75, 3.05) is 0 Å². The lowest BCUT2D eigenvalue weighted by Crippen LogP contribution is -2.09. The van der Waals surface area contributed by atoms with Gasteiger partial charge in [-0.25, -0.2) is 14.2 Å². The number of ether oxygens (including phenoxy) is 1. The van der Waals surface area contributed by atoms with Crippen molar-refractivity contribution in [2.24, 2.45) is 4.99 Å². The SMILES string of the molecule is O=C1OC(c2ccc(F)cc2)=N/C1=C\c1ccc(OS(=O)(=O)c2ccc(Cl)cc2)cc1. The molecule has 1 aliphatic rings. The van der Waals surface area contributed by atoms with Crippen molar-refractivity contribution >= 4 is 39.7 Å². The van der Waals surface area contributed by atoms with E-state index in [-0.39, 0.29) is 22.2 Å². The lowest BCUT2D eigenvalue weighted by atomic mass is 10.2. The van der Waals surface area contributed by atoms with Crippen molar-refractivity contribution in [2.45, 2.75) is 4.90 Å². The van der Waals surface area contributed by atoms with Crippen LogP contribution < -0.4 is 4.18 Å². The Balaban J connectivity index is 1.51. The molecular formula is C22H13ClFNO5S. The summed E-state index contributed by atoms with van der Waals surface area (Å²) in [7, 11) is -4.01. The van der Waals surface area contributed by atoms with E-state index in [9.17, 15) is 17.6 Å². The van der Waals surface area contributed by atoms with Crippen molar-refractivity contribution in [1.29, 1.82) is 0 Å². The molecule has 156 valence electrons. The molecule has 0 radical (unpaired) electrons.